The zero-order chi connectivity index (χ0) is 15.9. The number of rotatable bonds is 7. The van der Waals surface area contributed by atoms with Crippen LogP contribution in [0.4, 0.5) is 0 Å². The van der Waals surface area contributed by atoms with Gasteiger partial charge in [0.2, 0.25) is 5.91 Å². The predicted octanol–water partition coefficient (Wildman–Crippen LogP) is 3.18. The van der Waals surface area contributed by atoms with Crippen LogP contribution in [0.5, 0.6) is 0 Å². The third-order valence-corrected chi connectivity index (χ3v) is 4.41. The molecular weight excluding hydrogens is 296 g/mol. The van der Waals surface area contributed by atoms with E-state index < -0.39 is 0 Å². The van der Waals surface area contributed by atoms with Gasteiger partial charge in [-0.05, 0) is 38.0 Å². The molecule has 0 spiro atoms. The minimum absolute atomic E-state index is 0.0358. The fraction of sp³-hybridized carbons (Fsp3) is 0.412. The van der Waals surface area contributed by atoms with Gasteiger partial charge in [0.05, 0.1) is 15.8 Å². The first kappa shape index (κ1) is 16.8. The quantitative estimate of drug-likeness (QED) is 0.629. The maximum absolute atomic E-state index is 12.1. The number of benzene rings is 1. The van der Waals surface area contributed by atoms with E-state index in [1.54, 1.807) is 7.11 Å². The molecule has 118 valence electrons. The number of carbonyl (C=O) groups is 1. The topological polar surface area (TPSA) is 51.2 Å². The molecule has 1 heterocycles. The highest BCUT2D eigenvalue weighted by Crippen LogP contribution is 2.26. The van der Waals surface area contributed by atoms with Crippen molar-refractivity contribution in [2.75, 3.05) is 20.3 Å². The first-order valence-electron chi connectivity index (χ1n) is 7.41. The molecule has 22 heavy (non-hydrogen) atoms. The van der Waals surface area contributed by atoms with Crippen molar-refractivity contribution in [2.24, 2.45) is 0 Å². The van der Waals surface area contributed by atoms with Crippen LogP contribution >= 0.6 is 11.8 Å². The largest absolute Gasteiger partial charge is 0.385 e. The van der Waals surface area contributed by atoms with Crippen molar-refractivity contribution in [3.63, 3.8) is 0 Å². The van der Waals surface area contributed by atoms with E-state index in [-0.39, 0.29) is 11.2 Å². The van der Waals surface area contributed by atoms with Crippen LogP contribution in [-0.4, -0.2) is 36.4 Å². The molecule has 4 nitrogen and oxygen atoms in total. The summed E-state index contributed by atoms with van der Waals surface area (Å²) in [4.78, 5) is 16.7. The first-order chi connectivity index (χ1) is 10.6. The Bertz CT molecular complexity index is 646. The number of aryl methyl sites for hydroxylation is 1. The second-order valence-corrected chi connectivity index (χ2v) is 6.55. The van der Waals surface area contributed by atoms with Gasteiger partial charge < -0.3 is 10.1 Å². The van der Waals surface area contributed by atoms with E-state index in [2.05, 4.69) is 23.3 Å². The van der Waals surface area contributed by atoms with Crippen molar-refractivity contribution < 1.29 is 9.53 Å². The molecule has 1 amide bonds. The van der Waals surface area contributed by atoms with E-state index in [1.165, 1.54) is 17.3 Å². The zero-order valence-corrected chi connectivity index (χ0v) is 14.1. The second-order valence-electron chi connectivity index (χ2n) is 5.19. The van der Waals surface area contributed by atoms with Crippen LogP contribution in [0.15, 0.2) is 35.4 Å². The van der Waals surface area contributed by atoms with Crippen molar-refractivity contribution in [1.82, 2.24) is 10.3 Å². The van der Waals surface area contributed by atoms with Gasteiger partial charge in [-0.3, -0.25) is 4.79 Å². The van der Waals surface area contributed by atoms with Crippen molar-refractivity contribution in [1.29, 1.82) is 0 Å². The number of amides is 1. The highest BCUT2D eigenvalue weighted by Gasteiger charge is 2.15. The SMILES string of the molecule is COCCCNC(=O)C(C)Sc1cc(C)c2ccccc2n1. The molecule has 0 saturated carbocycles. The highest BCUT2D eigenvalue weighted by molar-refractivity contribution is 8.00. The summed E-state index contributed by atoms with van der Waals surface area (Å²) in [6, 6.07) is 10.1. The molecule has 0 saturated heterocycles. The van der Waals surface area contributed by atoms with Crippen LogP contribution in [0.3, 0.4) is 0 Å². The lowest BCUT2D eigenvalue weighted by Crippen LogP contribution is -2.32. The Labute approximate surface area is 135 Å². The van der Waals surface area contributed by atoms with Gasteiger partial charge in [-0.1, -0.05) is 30.0 Å². The standard InChI is InChI=1S/C17H22N2O2S/c1-12-11-16(19-15-8-5-4-7-14(12)15)22-13(2)17(20)18-9-6-10-21-3/h4-5,7-8,11,13H,6,9-10H2,1-3H3,(H,18,20). The van der Waals surface area contributed by atoms with Crippen LogP contribution in [0.1, 0.15) is 18.9 Å². The van der Waals surface area contributed by atoms with E-state index in [0.29, 0.717) is 13.2 Å². The Balaban J connectivity index is 1.99. The van der Waals surface area contributed by atoms with Gasteiger partial charge >= 0.3 is 0 Å². The Morgan fingerprint density at radius 2 is 2.18 bits per heavy atom. The molecular formula is C17H22N2O2S. The summed E-state index contributed by atoms with van der Waals surface area (Å²) in [5.41, 5.74) is 2.15. The number of thioether (sulfide) groups is 1. The molecule has 1 aromatic carbocycles. The number of carbonyl (C=O) groups excluding carboxylic acids is 1. The number of hydrogen-bond donors (Lipinski definition) is 1. The summed E-state index contributed by atoms with van der Waals surface area (Å²) in [5, 5.41) is 4.79. The lowest BCUT2D eigenvalue weighted by Gasteiger charge is -2.12. The number of nitrogens with one attached hydrogen (secondary N) is 1. The normalized spacial score (nSPS) is 12.3. The third-order valence-electron chi connectivity index (χ3n) is 3.39. The van der Waals surface area contributed by atoms with Gasteiger partial charge in [-0.2, -0.15) is 0 Å². The number of hydrogen-bond acceptors (Lipinski definition) is 4. The molecule has 0 aliphatic carbocycles. The Morgan fingerprint density at radius 1 is 1.41 bits per heavy atom. The summed E-state index contributed by atoms with van der Waals surface area (Å²) in [6.45, 7) is 5.28. The van der Waals surface area contributed by atoms with E-state index in [9.17, 15) is 4.79 Å². The molecule has 0 bridgehead atoms. The smallest absolute Gasteiger partial charge is 0.233 e. The average Bonchev–Trinajstić information content (AvgIpc) is 2.51. The summed E-state index contributed by atoms with van der Waals surface area (Å²) in [6.07, 6.45) is 0.826. The van der Waals surface area contributed by atoms with Crippen molar-refractivity contribution in [3.8, 4) is 0 Å². The molecule has 1 atom stereocenters. The summed E-state index contributed by atoms with van der Waals surface area (Å²) in [5.74, 6) is 0.0358. The second kappa shape index (κ2) is 8.15. The molecule has 5 heteroatoms. The minimum Gasteiger partial charge on any atom is -0.385 e. The lowest BCUT2D eigenvalue weighted by molar-refractivity contribution is -0.120. The van der Waals surface area contributed by atoms with Crippen molar-refractivity contribution >= 4 is 28.6 Å². The Kier molecular flexibility index (Phi) is 6.21. The fourth-order valence-corrected chi connectivity index (χ4v) is 3.13. The number of nitrogens with zero attached hydrogens (tertiary/aromatic N) is 1. The van der Waals surface area contributed by atoms with Crippen LogP contribution in [0.2, 0.25) is 0 Å². The summed E-state index contributed by atoms with van der Waals surface area (Å²) in [7, 11) is 1.66. The molecule has 0 aliphatic rings. The van der Waals surface area contributed by atoms with Crippen LogP contribution in [-0.2, 0) is 9.53 Å². The third kappa shape index (κ3) is 4.45. The number of ether oxygens (including phenoxy) is 1. The number of pyridine rings is 1. The number of fused-ring (bicyclic) bond motifs is 1. The maximum atomic E-state index is 12.1. The molecule has 1 aromatic heterocycles. The monoisotopic (exact) mass is 318 g/mol. The van der Waals surface area contributed by atoms with Crippen LogP contribution < -0.4 is 5.32 Å². The number of para-hydroxylation sites is 1. The Morgan fingerprint density at radius 3 is 2.95 bits per heavy atom. The first-order valence-corrected chi connectivity index (χ1v) is 8.29. The average molecular weight is 318 g/mol. The summed E-state index contributed by atoms with van der Waals surface area (Å²) >= 11 is 1.49. The molecule has 0 radical (unpaired) electrons. The molecule has 1 unspecified atom stereocenters. The summed E-state index contributed by atoms with van der Waals surface area (Å²) < 4.78 is 4.97. The van der Waals surface area contributed by atoms with E-state index in [4.69, 9.17) is 4.74 Å². The van der Waals surface area contributed by atoms with Gasteiger partial charge in [0, 0.05) is 25.6 Å². The molecule has 2 rings (SSSR count). The van der Waals surface area contributed by atoms with Gasteiger partial charge in [0.1, 0.15) is 0 Å². The van der Waals surface area contributed by atoms with Crippen LogP contribution in [0, 0.1) is 6.92 Å². The highest BCUT2D eigenvalue weighted by atomic mass is 32.2. The van der Waals surface area contributed by atoms with E-state index >= 15 is 0 Å². The molecule has 0 aliphatic heterocycles. The van der Waals surface area contributed by atoms with E-state index in [1.807, 2.05) is 31.2 Å². The number of methoxy groups -OCH3 is 1. The predicted molar refractivity (Wildman–Crippen MR) is 91.3 cm³/mol. The van der Waals surface area contributed by atoms with Gasteiger partial charge in [0.15, 0.2) is 0 Å². The fourth-order valence-electron chi connectivity index (χ4n) is 2.19. The maximum Gasteiger partial charge on any atom is 0.233 e. The molecule has 2 aromatic rings. The van der Waals surface area contributed by atoms with Crippen molar-refractivity contribution in [3.05, 3.63) is 35.9 Å². The van der Waals surface area contributed by atoms with Gasteiger partial charge in [-0.15, -0.1) is 0 Å². The van der Waals surface area contributed by atoms with Crippen LogP contribution in [0.25, 0.3) is 10.9 Å². The minimum atomic E-state index is -0.171. The number of aromatic nitrogens is 1. The Hall–Kier alpha value is -1.59. The molecule has 0 fully saturated rings. The van der Waals surface area contributed by atoms with Gasteiger partial charge in [-0.25, -0.2) is 4.98 Å². The van der Waals surface area contributed by atoms with E-state index in [0.717, 1.165) is 22.3 Å². The lowest BCUT2D eigenvalue weighted by atomic mass is 10.1. The zero-order valence-electron chi connectivity index (χ0n) is 13.3. The van der Waals surface area contributed by atoms with Gasteiger partial charge in [0.25, 0.3) is 0 Å². The van der Waals surface area contributed by atoms with Crippen molar-refractivity contribution in [2.45, 2.75) is 30.5 Å². The molecule has 1 N–H and O–H groups in total.